The SMILES string of the molecule is CC(=O)N[C@@H](C)C(C)OC(CO)CO. The van der Waals surface area contributed by atoms with Gasteiger partial charge in [0.15, 0.2) is 0 Å². The van der Waals surface area contributed by atoms with E-state index >= 15 is 0 Å². The molecule has 14 heavy (non-hydrogen) atoms. The highest BCUT2D eigenvalue weighted by Gasteiger charge is 2.17. The molecular weight excluding hydrogens is 186 g/mol. The fourth-order valence-electron chi connectivity index (χ4n) is 1.00. The van der Waals surface area contributed by atoms with Crippen LogP contribution >= 0.6 is 0 Å². The van der Waals surface area contributed by atoms with Crippen molar-refractivity contribution < 1.29 is 19.7 Å². The van der Waals surface area contributed by atoms with Gasteiger partial charge < -0.3 is 20.3 Å². The molecule has 3 N–H and O–H groups in total. The summed E-state index contributed by atoms with van der Waals surface area (Å²) in [5.74, 6) is -0.127. The topological polar surface area (TPSA) is 78.8 Å². The molecular formula is C9H19NO4. The quantitative estimate of drug-likeness (QED) is 0.534. The molecule has 0 heterocycles. The maximum atomic E-state index is 10.7. The van der Waals surface area contributed by atoms with Crippen molar-refractivity contribution in [2.75, 3.05) is 13.2 Å². The molecule has 0 saturated heterocycles. The summed E-state index contributed by atoms with van der Waals surface area (Å²) in [6.07, 6.45) is -0.829. The summed E-state index contributed by atoms with van der Waals surface area (Å²) < 4.78 is 5.30. The number of hydrogen-bond acceptors (Lipinski definition) is 4. The summed E-state index contributed by atoms with van der Waals surface area (Å²) in [5.41, 5.74) is 0. The molecule has 0 aliphatic heterocycles. The van der Waals surface area contributed by atoms with Gasteiger partial charge in [-0.3, -0.25) is 4.79 Å². The largest absolute Gasteiger partial charge is 0.394 e. The van der Waals surface area contributed by atoms with E-state index in [-0.39, 0.29) is 31.3 Å². The van der Waals surface area contributed by atoms with Crippen molar-refractivity contribution in [1.82, 2.24) is 5.32 Å². The summed E-state index contributed by atoms with van der Waals surface area (Å²) in [6.45, 7) is 4.55. The first-order chi connectivity index (χ1) is 6.51. The van der Waals surface area contributed by atoms with Crippen LogP contribution in [-0.4, -0.2) is 47.6 Å². The van der Waals surface area contributed by atoms with Crippen LogP contribution in [0.3, 0.4) is 0 Å². The van der Waals surface area contributed by atoms with E-state index in [1.54, 1.807) is 13.8 Å². The number of aliphatic hydroxyl groups excluding tert-OH is 2. The standard InChI is InChI=1S/C9H19NO4/c1-6(10-8(3)13)7(2)14-9(4-11)5-12/h6-7,9,11-12H,4-5H2,1-3H3,(H,10,13)/t6-,7?/m0/s1. The Morgan fingerprint density at radius 3 is 2.21 bits per heavy atom. The third-order valence-corrected chi connectivity index (χ3v) is 1.95. The number of carbonyl (C=O) groups excluding carboxylic acids is 1. The van der Waals surface area contributed by atoms with Crippen LogP contribution in [0, 0.1) is 0 Å². The molecule has 5 heteroatoms. The fraction of sp³-hybridized carbons (Fsp3) is 0.889. The van der Waals surface area contributed by atoms with Gasteiger partial charge >= 0.3 is 0 Å². The lowest BCUT2D eigenvalue weighted by molar-refractivity contribution is -0.121. The molecule has 0 bridgehead atoms. The van der Waals surface area contributed by atoms with Crippen molar-refractivity contribution in [1.29, 1.82) is 0 Å². The van der Waals surface area contributed by atoms with Crippen molar-refractivity contribution in [3.05, 3.63) is 0 Å². The highest BCUT2D eigenvalue weighted by atomic mass is 16.5. The van der Waals surface area contributed by atoms with E-state index in [0.717, 1.165) is 0 Å². The monoisotopic (exact) mass is 205 g/mol. The van der Waals surface area contributed by atoms with Crippen LogP contribution in [-0.2, 0) is 9.53 Å². The molecule has 0 rings (SSSR count). The molecule has 0 fully saturated rings. The van der Waals surface area contributed by atoms with Crippen LogP contribution in [0.2, 0.25) is 0 Å². The Kier molecular flexibility index (Phi) is 6.44. The predicted octanol–water partition coefficient (Wildman–Crippen LogP) is -0.731. The van der Waals surface area contributed by atoms with Gasteiger partial charge in [0.05, 0.1) is 25.4 Å². The highest BCUT2D eigenvalue weighted by Crippen LogP contribution is 2.02. The molecule has 0 aliphatic rings. The zero-order valence-corrected chi connectivity index (χ0v) is 8.86. The lowest BCUT2D eigenvalue weighted by atomic mass is 10.2. The number of hydrogen-bond donors (Lipinski definition) is 3. The number of carbonyl (C=O) groups is 1. The minimum Gasteiger partial charge on any atom is -0.394 e. The zero-order chi connectivity index (χ0) is 11.1. The molecule has 1 unspecified atom stereocenters. The van der Waals surface area contributed by atoms with Crippen LogP contribution in [0.4, 0.5) is 0 Å². The first kappa shape index (κ1) is 13.4. The average molecular weight is 205 g/mol. The van der Waals surface area contributed by atoms with Gasteiger partial charge in [0.1, 0.15) is 6.10 Å². The Morgan fingerprint density at radius 1 is 1.36 bits per heavy atom. The lowest BCUT2D eigenvalue weighted by Gasteiger charge is -2.24. The van der Waals surface area contributed by atoms with E-state index in [1.165, 1.54) is 6.92 Å². The number of nitrogens with one attached hydrogen (secondary N) is 1. The third-order valence-electron chi connectivity index (χ3n) is 1.95. The van der Waals surface area contributed by atoms with Gasteiger partial charge in [-0.15, -0.1) is 0 Å². The Labute approximate surface area is 84.1 Å². The third kappa shape index (κ3) is 5.16. The Hall–Kier alpha value is -0.650. The van der Waals surface area contributed by atoms with E-state index in [2.05, 4.69) is 5.32 Å². The van der Waals surface area contributed by atoms with E-state index in [0.29, 0.717) is 0 Å². The van der Waals surface area contributed by atoms with E-state index in [4.69, 9.17) is 14.9 Å². The average Bonchev–Trinajstić information content (AvgIpc) is 2.12. The minimum absolute atomic E-state index is 0.127. The van der Waals surface area contributed by atoms with Crippen LogP contribution in [0.25, 0.3) is 0 Å². The van der Waals surface area contributed by atoms with Gasteiger partial charge in [0.25, 0.3) is 0 Å². The highest BCUT2D eigenvalue weighted by molar-refractivity contribution is 5.73. The number of amides is 1. The van der Waals surface area contributed by atoms with Gasteiger partial charge in [-0.1, -0.05) is 0 Å². The van der Waals surface area contributed by atoms with Crippen LogP contribution in [0.5, 0.6) is 0 Å². The van der Waals surface area contributed by atoms with Crippen molar-refractivity contribution in [3.8, 4) is 0 Å². The Morgan fingerprint density at radius 2 is 1.86 bits per heavy atom. The zero-order valence-electron chi connectivity index (χ0n) is 8.86. The summed E-state index contributed by atoms with van der Waals surface area (Å²) in [5, 5.41) is 20.2. The summed E-state index contributed by atoms with van der Waals surface area (Å²) in [6, 6.07) is -0.145. The predicted molar refractivity (Wildman–Crippen MR) is 51.8 cm³/mol. The van der Waals surface area contributed by atoms with Crippen LogP contribution in [0.1, 0.15) is 20.8 Å². The van der Waals surface area contributed by atoms with E-state index < -0.39 is 6.10 Å². The molecule has 0 radical (unpaired) electrons. The number of rotatable bonds is 6. The van der Waals surface area contributed by atoms with Gasteiger partial charge in [0, 0.05) is 6.92 Å². The molecule has 0 aromatic carbocycles. The second-order valence-electron chi connectivity index (χ2n) is 3.32. The van der Waals surface area contributed by atoms with Crippen molar-refractivity contribution in [3.63, 3.8) is 0 Å². The maximum Gasteiger partial charge on any atom is 0.217 e. The van der Waals surface area contributed by atoms with E-state index in [9.17, 15) is 4.79 Å². The van der Waals surface area contributed by atoms with Crippen LogP contribution < -0.4 is 5.32 Å². The number of aliphatic hydroxyl groups is 2. The second kappa shape index (κ2) is 6.75. The molecule has 84 valence electrons. The first-order valence-electron chi connectivity index (χ1n) is 4.65. The first-order valence-corrected chi connectivity index (χ1v) is 4.65. The Balaban J connectivity index is 3.92. The van der Waals surface area contributed by atoms with Crippen molar-refractivity contribution in [2.24, 2.45) is 0 Å². The molecule has 0 aliphatic carbocycles. The summed E-state index contributed by atoms with van der Waals surface area (Å²) >= 11 is 0. The molecule has 2 atom stereocenters. The smallest absolute Gasteiger partial charge is 0.217 e. The fourth-order valence-corrected chi connectivity index (χ4v) is 1.00. The minimum atomic E-state index is -0.582. The van der Waals surface area contributed by atoms with Gasteiger partial charge in [-0.05, 0) is 13.8 Å². The van der Waals surface area contributed by atoms with Gasteiger partial charge in [0.2, 0.25) is 5.91 Å². The van der Waals surface area contributed by atoms with Gasteiger partial charge in [-0.25, -0.2) is 0 Å². The van der Waals surface area contributed by atoms with E-state index in [1.807, 2.05) is 0 Å². The normalized spacial score (nSPS) is 15.3. The maximum absolute atomic E-state index is 10.7. The van der Waals surface area contributed by atoms with Crippen LogP contribution in [0.15, 0.2) is 0 Å². The lowest BCUT2D eigenvalue weighted by Crippen LogP contribution is -2.42. The molecule has 0 aromatic heterocycles. The Bertz CT molecular complexity index is 170. The molecule has 1 amide bonds. The molecule has 0 aromatic rings. The summed E-state index contributed by atoms with van der Waals surface area (Å²) in [4.78, 5) is 10.7. The van der Waals surface area contributed by atoms with Gasteiger partial charge in [-0.2, -0.15) is 0 Å². The van der Waals surface area contributed by atoms with Crippen molar-refractivity contribution in [2.45, 2.75) is 39.0 Å². The number of ether oxygens (including phenoxy) is 1. The molecule has 0 saturated carbocycles. The summed E-state index contributed by atoms with van der Waals surface area (Å²) in [7, 11) is 0. The molecule has 5 nitrogen and oxygen atoms in total. The second-order valence-corrected chi connectivity index (χ2v) is 3.32. The van der Waals surface area contributed by atoms with Crippen molar-refractivity contribution >= 4 is 5.91 Å². The molecule has 0 spiro atoms.